The van der Waals surface area contributed by atoms with Crippen LogP contribution in [0, 0.1) is 10.1 Å². The van der Waals surface area contributed by atoms with Crippen LogP contribution in [-0.4, -0.2) is 35.4 Å². The predicted molar refractivity (Wildman–Crippen MR) is 81.6 cm³/mol. The van der Waals surface area contributed by atoms with Crippen molar-refractivity contribution in [2.24, 2.45) is 0 Å². The number of hydrogen-bond donors (Lipinski definition) is 1. The van der Waals surface area contributed by atoms with E-state index in [2.05, 4.69) is 12.2 Å². The van der Waals surface area contributed by atoms with Gasteiger partial charge in [0.05, 0.1) is 4.92 Å². The molecule has 1 heterocycles. The largest absolute Gasteiger partial charge is 0.388 e. The van der Waals surface area contributed by atoms with Gasteiger partial charge in [0.1, 0.15) is 5.56 Å². The summed E-state index contributed by atoms with van der Waals surface area (Å²) in [5.74, 6) is -0.231. The lowest BCUT2D eigenvalue weighted by Gasteiger charge is -2.35. The van der Waals surface area contributed by atoms with E-state index in [1.807, 2.05) is 0 Å². The van der Waals surface area contributed by atoms with E-state index in [4.69, 9.17) is 0 Å². The third kappa shape index (κ3) is 3.15. The van der Waals surface area contributed by atoms with Gasteiger partial charge in [-0.25, -0.2) is 0 Å². The van der Waals surface area contributed by atoms with Crippen LogP contribution < -0.4 is 5.32 Å². The smallest absolute Gasteiger partial charge is 0.282 e. The quantitative estimate of drug-likeness (QED) is 0.683. The van der Waals surface area contributed by atoms with E-state index in [-0.39, 0.29) is 23.2 Å². The summed E-state index contributed by atoms with van der Waals surface area (Å²) in [5, 5.41) is 14.1. The zero-order chi connectivity index (χ0) is 15.4. The Morgan fingerprint density at radius 2 is 2.24 bits per heavy atom. The molecule has 1 saturated heterocycles. The summed E-state index contributed by atoms with van der Waals surface area (Å²) < 4.78 is 0. The van der Waals surface area contributed by atoms with Gasteiger partial charge in [-0.15, -0.1) is 0 Å². The zero-order valence-electron chi connectivity index (χ0n) is 12.5. The van der Waals surface area contributed by atoms with Crippen molar-refractivity contribution in [1.29, 1.82) is 0 Å². The Hall–Kier alpha value is -2.11. The highest BCUT2D eigenvalue weighted by Crippen LogP contribution is 2.28. The Bertz CT molecular complexity index is 545. The molecule has 2 rings (SSSR count). The molecule has 0 saturated carbocycles. The van der Waals surface area contributed by atoms with E-state index in [1.165, 1.54) is 6.07 Å². The van der Waals surface area contributed by atoms with E-state index < -0.39 is 4.92 Å². The molecule has 1 aliphatic rings. The molecule has 114 valence electrons. The van der Waals surface area contributed by atoms with Gasteiger partial charge in [-0.1, -0.05) is 6.92 Å². The van der Waals surface area contributed by atoms with Crippen LogP contribution in [0.15, 0.2) is 18.2 Å². The maximum Gasteiger partial charge on any atom is 0.282 e. The minimum absolute atomic E-state index is 0.126. The Kier molecular flexibility index (Phi) is 4.77. The molecule has 1 aromatic rings. The SMILES string of the molecule is CCC1CCCCN1C(=O)c1cc(NC)ccc1[N+](=O)[O-]. The fraction of sp³-hybridized carbons (Fsp3) is 0.533. The summed E-state index contributed by atoms with van der Waals surface area (Å²) in [5.41, 5.74) is 0.751. The molecule has 1 amide bonds. The molecular weight excluding hydrogens is 270 g/mol. The first-order valence-corrected chi connectivity index (χ1v) is 7.35. The van der Waals surface area contributed by atoms with Crippen LogP contribution in [0.1, 0.15) is 43.0 Å². The zero-order valence-corrected chi connectivity index (χ0v) is 12.5. The second kappa shape index (κ2) is 6.56. The number of nitro groups is 1. The minimum atomic E-state index is -0.489. The van der Waals surface area contributed by atoms with E-state index in [0.29, 0.717) is 12.2 Å². The average Bonchev–Trinajstić information content (AvgIpc) is 2.53. The maximum atomic E-state index is 12.8. The molecular formula is C15H21N3O3. The summed E-state index contributed by atoms with van der Waals surface area (Å²) in [6.45, 7) is 2.73. The van der Waals surface area contributed by atoms with Crippen molar-refractivity contribution in [3.63, 3.8) is 0 Å². The number of benzene rings is 1. The molecule has 6 nitrogen and oxygen atoms in total. The van der Waals surface area contributed by atoms with Crippen LogP contribution in [0.3, 0.4) is 0 Å². The number of carbonyl (C=O) groups excluding carboxylic acids is 1. The first-order valence-electron chi connectivity index (χ1n) is 7.35. The number of nitrogens with zero attached hydrogens (tertiary/aromatic N) is 2. The van der Waals surface area contributed by atoms with Crippen LogP contribution in [0.5, 0.6) is 0 Å². The van der Waals surface area contributed by atoms with Crippen molar-refractivity contribution >= 4 is 17.3 Å². The lowest BCUT2D eigenvalue weighted by molar-refractivity contribution is -0.385. The molecule has 1 N–H and O–H groups in total. The van der Waals surface area contributed by atoms with Crippen LogP contribution in [0.25, 0.3) is 0 Å². The van der Waals surface area contributed by atoms with Gasteiger partial charge in [0.15, 0.2) is 0 Å². The first-order chi connectivity index (χ1) is 10.1. The van der Waals surface area contributed by atoms with Gasteiger partial charge in [0.2, 0.25) is 0 Å². The highest BCUT2D eigenvalue weighted by Gasteiger charge is 2.30. The Balaban J connectivity index is 2.38. The third-order valence-electron chi connectivity index (χ3n) is 4.07. The summed E-state index contributed by atoms with van der Waals surface area (Å²) in [7, 11) is 1.73. The summed E-state index contributed by atoms with van der Waals surface area (Å²) >= 11 is 0. The van der Waals surface area contributed by atoms with Gasteiger partial charge in [-0.05, 0) is 37.8 Å². The average molecular weight is 291 g/mol. The van der Waals surface area contributed by atoms with E-state index in [0.717, 1.165) is 25.7 Å². The number of likely N-dealkylation sites (tertiary alicyclic amines) is 1. The molecule has 1 atom stereocenters. The second-order valence-corrected chi connectivity index (χ2v) is 5.30. The molecule has 1 aromatic carbocycles. The second-order valence-electron chi connectivity index (χ2n) is 5.30. The monoisotopic (exact) mass is 291 g/mol. The number of carbonyl (C=O) groups is 1. The molecule has 21 heavy (non-hydrogen) atoms. The Morgan fingerprint density at radius 3 is 2.86 bits per heavy atom. The number of nitrogens with one attached hydrogen (secondary N) is 1. The molecule has 6 heteroatoms. The number of rotatable bonds is 4. The number of nitro benzene ring substituents is 1. The number of amides is 1. The summed E-state index contributed by atoms with van der Waals surface area (Å²) in [4.78, 5) is 25.2. The van der Waals surface area contributed by atoms with Crippen molar-refractivity contribution in [1.82, 2.24) is 4.90 Å². The van der Waals surface area contributed by atoms with Crippen LogP contribution in [0.4, 0.5) is 11.4 Å². The number of hydrogen-bond acceptors (Lipinski definition) is 4. The van der Waals surface area contributed by atoms with Crippen molar-refractivity contribution in [3.05, 3.63) is 33.9 Å². The number of anilines is 1. The molecule has 0 bridgehead atoms. The third-order valence-corrected chi connectivity index (χ3v) is 4.07. The van der Waals surface area contributed by atoms with Crippen LogP contribution in [-0.2, 0) is 0 Å². The van der Waals surface area contributed by atoms with E-state index in [9.17, 15) is 14.9 Å². The molecule has 1 unspecified atom stereocenters. The van der Waals surface area contributed by atoms with Gasteiger partial charge in [0.25, 0.3) is 11.6 Å². The predicted octanol–water partition coefficient (Wildman–Crippen LogP) is 3.04. The van der Waals surface area contributed by atoms with Crippen LogP contribution >= 0.6 is 0 Å². The molecule has 0 spiro atoms. The van der Waals surface area contributed by atoms with Gasteiger partial charge in [-0.2, -0.15) is 0 Å². The maximum absolute atomic E-state index is 12.8. The van der Waals surface area contributed by atoms with Gasteiger partial charge >= 0.3 is 0 Å². The lowest BCUT2D eigenvalue weighted by Crippen LogP contribution is -2.43. The Labute approximate surface area is 124 Å². The van der Waals surface area contributed by atoms with Gasteiger partial charge < -0.3 is 10.2 Å². The number of piperidine rings is 1. The molecule has 0 radical (unpaired) electrons. The Morgan fingerprint density at radius 1 is 1.48 bits per heavy atom. The van der Waals surface area contributed by atoms with Crippen LogP contribution in [0.2, 0.25) is 0 Å². The lowest BCUT2D eigenvalue weighted by atomic mass is 9.98. The highest BCUT2D eigenvalue weighted by molar-refractivity contribution is 5.99. The van der Waals surface area contributed by atoms with Crippen molar-refractivity contribution < 1.29 is 9.72 Å². The molecule has 0 aliphatic carbocycles. The van der Waals surface area contributed by atoms with Gasteiger partial charge in [-0.3, -0.25) is 14.9 Å². The summed E-state index contributed by atoms with van der Waals surface area (Å²) in [6.07, 6.45) is 3.93. The molecule has 0 aromatic heterocycles. The summed E-state index contributed by atoms with van der Waals surface area (Å²) in [6, 6.07) is 4.76. The fourth-order valence-corrected chi connectivity index (χ4v) is 2.87. The topological polar surface area (TPSA) is 75.5 Å². The molecule has 1 fully saturated rings. The highest BCUT2D eigenvalue weighted by atomic mass is 16.6. The van der Waals surface area contributed by atoms with Gasteiger partial charge in [0, 0.05) is 31.4 Å². The molecule has 1 aliphatic heterocycles. The standard InChI is InChI=1S/C15H21N3O3/c1-3-12-6-4-5-9-17(12)15(19)13-10-11(16-2)7-8-14(13)18(20)21/h7-8,10,12,16H,3-6,9H2,1-2H3. The first kappa shape index (κ1) is 15.3. The minimum Gasteiger partial charge on any atom is -0.388 e. The normalized spacial score (nSPS) is 18.4. The van der Waals surface area contributed by atoms with Crippen molar-refractivity contribution in [2.45, 2.75) is 38.6 Å². The van der Waals surface area contributed by atoms with E-state index >= 15 is 0 Å². The van der Waals surface area contributed by atoms with Crippen molar-refractivity contribution in [3.8, 4) is 0 Å². The fourth-order valence-electron chi connectivity index (χ4n) is 2.87. The van der Waals surface area contributed by atoms with E-state index in [1.54, 1.807) is 24.1 Å². The van der Waals surface area contributed by atoms with Crippen molar-refractivity contribution in [2.75, 3.05) is 18.9 Å².